The number of hydrogen-bond acceptors (Lipinski definition) is 6. The highest BCUT2D eigenvalue weighted by atomic mass is 16.5. The number of anilines is 2. The van der Waals surface area contributed by atoms with E-state index in [0.717, 1.165) is 31.6 Å². The van der Waals surface area contributed by atoms with Crippen LogP contribution < -0.4 is 19.7 Å². The second kappa shape index (κ2) is 8.51. The molecule has 0 aliphatic carbocycles. The first-order valence-electron chi connectivity index (χ1n) is 8.82. The number of nitrogens with one attached hydrogen (secondary N) is 1. The Labute approximate surface area is 153 Å². The van der Waals surface area contributed by atoms with Crippen LogP contribution in [0.4, 0.5) is 11.6 Å². The minimum Gasteiger partial charge on any atom is -0.495 e. The third kappa shape index (κ3) is 4.62. The number of carbonyl (C=O) groups excluding carboxylic acids is 1. The molecule has 1 saturated heterocycles. The zero-order valence-corrected chi connectivity index (χ0v) is 15.2. The number of ether oxygens (including phenoxy) is 2. The van der Waals surface area contributed by atoms with Gasteiger partial charge in [0.05, 0.1) is 12.8 Å². The van der Waals surface area contributed by atoms with Crippen molar-refractivity contribution in [2.24, 2.45) is 0 Å². The van der Waals surface area contributed by atoms with Crippen molar-refractivity contribution in [2.45, 2.75) is 26.2 Å². The minimum absolute atomic E-state index is 0.131. The molecule has 1 fully saturated rings. The molecule has 1 aromatic heterocycles. The second-order valence-corrected chi connectivity index (χ2v) is 6.23. The molecule has 0 radical (unpaired) electrons. The van der Waals surface area contributed by atoms with E-state index in [1.54, 1.807) is 25.3 Å². The third-order valence-corrected chi connectivity index (χ3v) is 4.19. The molecule has 0 unspecified atom stereocenters. The van der Waals surface area contributed by atoms with Crippen LogP contribution in [0, 0.1) is 6.92 Å². The Bertz CT molecular complexity index is 760. The predicted octanol–water partition coefficient (Wildman–Crippen LogP) is 2.80. The van der Waals surface area contributed by atoms with Gasteiger partial charge in [-0.2, -0.15) is 4.98 Å². The van der Waals surface area contributed by atoms with Crippen molar-refractivity contribution in [3.05, 3.63) is 36.0 Å². The molecular weight excluding hydrogens is 332 g/mol. The molecule has 1 amide bonds. The van der Waals surface area contributed by atoms with E-state index in [9.17, 15) is 4.79 Å². The van der Waals surface area contributed by atoms with Crippen molar-refractivity contribution in [1.29, 1.82) is 0 Å². The molecule has 3 rings (SSSR count). The minimum atomic E-state index is -0.273. The lowest BCUT2D eigenvalue weighted by Gasteiger charge is -2.26. The van der Waals surface area contributed by atoms with Crippen LogP contribution in [0.1, 0.15) is 25.0 Å². The number of aromatic nitrogens is 2. The van der Waals surface area contributed by atoms with Gasteiger partial charge in [0.15, 0.2) is 6.61 Å². The number of benzene rings is 1. The summed E-state index contributed by atoms with van der Waals surface area (Å²) in [5.41, 5.74) is 1.43. The van der Waals surface area contributed by atoms with E-state index in [0.29, 0.717) is 23.3 Å². The van der Waals surface area contributed by atoms with Crippen LogP contribution in [0.25, 0.3) is 0 Å². The molecule has 1 aliphatic heterocycles. The van der Waals surface area contributed by atoms with Gasteiger partial charge in [0.2, 0.25) is 11.8 Å². The maximum Gasteiger partial charge on any atom is 0.262 e. The van der Waals surface area contributed by atoms with Gasteiger partial charge in [-0.1, -0.05) is 12.1 Å². The summed E-state index contributed by atoms with van der Waals surface area (Å²) in [7, 11) is 1.56. The summed E-state index contributed by atoms with van der Waals surface area (Å²) >= 11 is 0. The normalized spacial score (nSPS) is 14.0. The molecule has 0 bridgehead atoms. The highest BCUT2D eigenvalue weighted by molar-refractivity contribution is 5.93. The largest absolute Gasteiger partial charge is 0.495 e. The summed E-state index contributed by atoms with van der Waals surface area (Å²) in [5.74, 6) is 1.41. The van der Waals surface area contributed by atoms with Crippen molar-refractivity contribution >= 4 is 17.5 Å². The summed E-state index contributed by atoms with van der Waals surface area (Å²) < 4.78 is 10.8. The van der Waals surface area contributed by atoms with Gasteiger partial charge < -0.3 is 19.7 Å². The number of para-hydroxylation sites is 2. The lowest BCUT2D eigenvalue weighted by molar-refractivity contribution is -0.118. The fourth-order valence-electron chi connectivity index (χ4n) is 2.91. The molecule has 7 nitrogen and oxygen atoms in total. The van der Waals surface area contributed by atoms with Crippen molar-refractivity contribution in [3.63, 3.8) is 0 Å². The number of methoxy groups -OCH3 is 1. The molecule has 0 saturated carbocycles. The fourth-order valence-corrected chi connectivity index (χ4v) is 2.91. The second-order valence-electron chi connectivity index (χ2n) is 6.23. The summed E-state index contributed by atoms with van der Waals surface area (Å²) in [4.78, 5) is 23.3. The van der Waals surface area contributed by atoms with E-state index >= 15 is 0 Å². The van der Waals surface area contributed by atoms with Crippen molar-refractivity contribution < 1.29 is 14.3 Å². The molecule has 1 aromatic carbocycles. The van der Waals surface area contributed by atoms with Crippen LogP contribution in [-0.2, 0) is 4.79 Å². The van der Waals surface area contributed by atoms with Crippen LogP contribution >= 0.6 is 0 Å². The van der Waals surface area contributed by atoms with Gasteiger partial charge in [0.1, 0.15) is 5.75 Å². The first-order chi connectivity index (χ1) is 12.7. The topological polar surface area (TPSA) is 76.6 Å². The van der Waals surface area contributed by atoms with Crippen molar-refractivity contribution in [2.75, 3.05) is 37.0 Å². The van der Waals surface area contributed by atoms with Gasteiger partial charge in [-0.15, -0.1) is 0 Å². The summed E-state index contributed by atoms with van der Waals surface area (Å²) in [6.45, 7) is 3.68. The van der Waals surface area contributed by atoms with E-state index in [1.165, 1.54) is 6.42 Å². The summed E-state index contributed by atoms with van der Waals surface area (Å²) in [5, 5.41) is 2.78. The van der Waals surface area contributed by atoms with Crippen LogP contribution in [0.5, 0.6) is 11.6 Å². The van der Waals surface area contributed by atoms with E-state index in [1.807, 2.05) is 19.1 Å². The molecule has 0 spiro atoms. The van der Waals surface area contributed by atoms with Gasteiger partial charge >= 0.3 is 0 Å². The highest BCUT2D eigenvalue weighted by Gasteiger charge is 2.15. The number of amides is 1. The first kappa shape index (κ1) is 18.0. The van der Waals surface area contributed by atoms with Gasteiger partial charge in [0.25, 0.3) is 5.91 Å². The Hall–Kier alpha value is -2.83. The molecular formula is C19H24N4O3. The molecule has 1 N–H and O–H groups in total. The summed E-state index contributed by atoms with van der Waals surface area (Å²) in [6.07, 6.45) is 3.54. The average molecular weight is 356 g/mol. The molecule has 2 aromatic rings. The van der Waals surface area contributed by atoms with E-state index < -0.39 is 0 Å². The maximum absolute atomic E-state index is 12.2. The molecule has 7 heteroatoms. The zero-order valence-electron chi connectivity index (χ0n) is 15.2. The lowest BCUT2D eigenvalue weighted by Crippen LogP contribution is -2.31. The smallest absolute Gasteiger partial charge is 0.262 e. The monoisotopic (exact) mass is 356 g/mol. The first-order valence-corrected chi connectivity index (χ1v) is 8.82. The fraction of sp³-hybridized carbons (Fsp3) is 0.421. The number of nitrogens with zero attached hydrogens (tertiary/aromatic N) is 3. The van der Waals surface area contributed by atoms with Gasteiger partial charge in [-0.25, -0.2) is 4.98 Å². The molecule has 2 heterocycles. The summed E-state index contributed by atoms with van der Waals surface area (Å²) in [6, 6.07) is 8.98. The number of rotatable bonds is 6. The Morgan fingerprint density at radius 2 is 1.96 bits per heavy atom. The van der Waals surface area contributed by atoms with Crippen LogP contribution in [0.15, 0.2) is 30.3 Å². The lowest BCUT2D eigenvalue weighted by atomic mass is 10.1. The highest BCUT2D eigenvalue weighted by Crippen LogP contribution is 2.23. The van der Waals surface area contributed by atoms with Crippen molar-refractivity contribution in [1.82, 2.24) is 9.97 Å². The number of carbonyl (C=O) groups is 1. The predicted molar refractivity (Wildman–Crippen MR) is 100.0 cm³/mol. The Morgan fingerprint density at radius 1 is 1.19 bits per heavy atom. The zero-order chi connectivity index (χ0) is 18.4. The van der Waals surface area contributed by atoms with Gasteiger partial charge in [0, 0.05) is 24.8 Å². The van der Waals surface area contributed by atoms with Crippen molar-refractivity contribution in [3.8, 4) is 11.6 Å². The number of hydrogen-bond donors (Lipinski definition) is 1. The standard InChI is InChI=1S/C19H24N4O3/c1-14-12-18(22-19(20-14)23-10-6-3-7-11-23)26-13-17(24)21-15-8-4-5-9-16(15)25-2/h4-5,8-9,12H,3,6-7,10-11,13H2,1-2H3,(H,21,24). The molecule has 26 heavy (non-hydrogen) atoms. The third-order valence-electron chi connectivity index (χ3n) is 4.19. The van der Waals surface area contributed by atoms with Crippen LogP contribution in [0.2, 0.25) is 0 Å². The van der Waals surface area contributed by atoms with Crippen LogP contribution in [-0.4, -0.2) is 42.7 Å². The number of piperidine rings is 1. The van der Waals surface area contributed by atoms with Crippen LogP contribution in [0.3, 0.4) is 0 Å². The maximum atomic E-state index is 12.2. The Morgan fingerprint density at radius 3 is 2.73 bits per heavy atom. The number of aryl methyl sites for hydroxylation is 1. The SMILES string of the molecule is COc1ccccc1NC(=O)COc1cc(C)nc(N2CCCCC2)n1. The Balaban J connectivity index is 1.62. The molecule has 1 aliphatic rings. The quantitative estimate of drug-likeness (QED) is 0.858. The Kier molecular flexibility index (Phi) is 5.88. The van der Waals surface area contributed by atoms with E-state index in [4.69, 9.17) is 9.47 Å². The molecule has 0 atom stereocenters. The average Bonchev–Trinajstić information content (AvgIpc) is 2.67. The molecule has 138 valence electrons. The van der Waals surface area contributed by atoms with Gasteiger partial charge in [-0.05, 0) is 38.3 Å². The van der Waals surface area contributed by atoms with E-state index in [2.05, 4.69) is 20.2 Å². The van der Waals surface area contributed by atoms with E-state index in [-0.39, 0.29) is 12.5 Å². The van der Waals surface area contributed by atoms with Gasteiger partial charge in [-0.3, -0.25) is 4.79 Å².